The second-order valence-corrected chi connectivity index (χ2v) is 5.88. The standard InChI is InChI=1S/C16H14Cl3NO3/c1-22-8-10-5-9(3-4-15(10)23-2)16(21)20-14-7-12(18)11(17)6-13(14)19/h3-7H,8H2,1-2H3,(H,20,21). The fourth-order valence-electron chi connectivity index (χ4n) is 2.00. The molecule has 0 heterocycles. The molecule has 0 saturated heterocycles. The molecule has 0 radical (unpaired) electrons. The van der Waals surface area contributed by atoms with Crippen molar-refractivity contribution in [2.24, 2.45) is 0 Å². The van der Waals surface area contributed by atoms with Gasteiger partial charge in [-0.1, -0.05) is 34.8 Å². The molecule has 0 aromatic heterocycles. The van der Waals surface area contributed by atoms with Gasteiger partial charge in [0.25, 0.3) is 5.91 Å². The fourth-order valence-corrected chi connectivity index (χ4v) is 2.60. The van der Waals surface area contributed by atoms with E-state index in [0.717, 1.165) is 5.56 Å². The largest absolute Gasteiger partial charge is 0.496 e. The monoisotopic (exact) mass is 373 g/mol. The van der Waals surface area contributed by atoms with Crippen molar-refractivity contribution in [1.82, 2.24) is 0 Å². The second kappa shape index (κ2) is 7.88. The molecule has 0 aliphatic heterocycles. The van der Waals surface area contributed by atoms with Crippen LogP contribution in [0, 0.1) is 0 Å². The Morgan fingerprint density at radius 2 is 1.74 bits per heavy atom. The summed E-state index contributed by atoms with van der Waals surface area (Å²) in [6, 6.07) is 8.04. The minimum absolute atomic E-state index is 0.304. The molecule has 0 unspecified atom stereocenters. The maximum atomic E-state index is 12.4. The van der Waals surface area contributed by atoms with E-state index in [1.54, 1.807) is 32.4 Å². The summed E-state index contributed by atoms with van der Waals surface area (Å²) in [7, 11) is 3.13. The lowest BCUT2D eigenvalue weighted by atomic mass is 10.1. The van der Waals surface area contributed by atoms with Gasteiger partial charge < -0.3 is 14.8 Å². The summed E-state index contributed by atoms with van der Waals surface area (Å²) >= 11 is 17.9. The molecule has 1 N–H and O–H groups in total. The van der Waals surface area contributed by atoms with Gasteiger partial charge in [-0.2, -0.15) is 0 Å². The number of carbonyl (C=O) groups excluding carboxylic acids is 1. The minimum Gasteiger partial charge on any atom is -0.496 e. The van der Waals surface area contributed by atoms with Crippen LogP contribution in [0.25, 0.3) is 0 Å². The van der Waals surface area contributed by atoms with E-state index in [9.17, 15) is 4.79 Å². The third kappa shape index (κ3) is 4.30. The Kier molecular flexibility index (Phi) is 6.13. The summed E-state index contributed by atoms with van der Waals surface area (Å²) in [6.45, 7) is 0.331. The van der Waals surface area contributed by atoms with Crippen molar-refractivity contribution >= 4 is 46.4 Å². The van der Waals surface area contributed by atoms with Gasteiger partial charge in [0, 0.05) is 18.2 Å². The van der Waals surface area contributed by atoms with Crippen LogP contribution in [0.2, 0.25) is 15.1 Å². The molecule has 2 aromatic carbocycles. The van der Waals surface area contributed by atoms with Crippen molar-refractivity contribution in [2.75, 3.05) is 19.5 Å². The topological polar surface area (TPSA) is 47.6 Å². The van der Waals surface area contributed by atoms with E-state index >= 15 is 0 Å². The van der Waals surface area contributed by atoms with Crippen LogP contribution >= 0.6 is 34.8 Å². The number of benzene rings is 2. The van der Waals surface area contributed by atoms with Gasteiger partial charge in [-0.15, -0.1) is 0 Å². The summed E-state index contributed by atoms with van der Waals surface area (Å²) in [4.78, 5) is 12.4. The Labute approximate surface area is 149 Å². The maximum absolute atomic E-state index is 12.4. The molecule has 7 heteroatoms. The molecule has 0 fully saturated rings. The van der Waals surface area contributed by atoms with Crippen molar-refractivity contribution < 1.29 is 14.3 Å². The molecular formula is C16H14Cl3NO3. The Morgan fingerprint density at radius 1 is 1.04 bits per heavy atom. The Balaban J connectivity index is 2.27. The highest BCUT2D eigenvalue weighted by molar-refractivity contribution is 6.44. The number of ether oxygens (including phenoxy) is 2. The molecule has 0 aliphatic rings. The summed E-state index contributed by atoms with van der Waals surface area (Å²) in [5, 5.41) is 3.64. The number of amides is 1. The Hall–Kier alpha value is -1.46. The fraction of sp³-hybridized carbons (Fsp3) is 0.188. The van der Waals surface area contributed by atoms with E-state index in [1.165, 1.54) is 12.1 Å². The quantitative estimate of drug-likeness (QED) is 0.745. The predicted octanol–water partition coefficient (Wildman–Crippen LogP) is 5.05. The molecule has 0 aliphatic carbocycles. The second-order valence-electron chi connectivity index (χ2n) is 4.66. The van der Waals surface area contributed by atoms with E-state index in [2.05, 4.69) is 5.32 Å². The van der Waals surface area contributed by atoms with Crippen LogP contribution in [0.15, 0.2) is 30.3 Å². The molecule has 0 atom stereocenters. The average molecular weight is 375 g/mol. The first-order valence-electron chi connectivity index (χ1n) is 6.58. The highest BCUT2D eigenvalue weighted by Gasteiger charge is 2.13. The van der Waals surface area contributed by atoms with Crippen LogP contribution in [-0.2, 0) is 11.3 Å². The lowest BCUT2D eigenvalue weighted by Crippen LogP contribution is -2.13. The third-order valence-corrected chi connectivity index (χ3v) is 4.14. The first-order chi connectivity index (χ1) is 11.0. The molecular weight excluding hydrogens is 361 g/mol. The average Bonchev–Trinajstić information content (AvgIpc) is 2.52. The van der Waals surface area contributed by atoms with Crippen molar-refractivity contribution in [1.29, 1.82) is 0 Å². The number of nitrogens with one attached hydrogen (secondary N) is 1. The number of hydrogen-bond acceptors (Lipinski definition) is 3. The van der Waals surface area contributed by atoms with E-state index < -0.39 is 0 Å². The van der Waals surface area contributed by atoms with Crippen LogP contribution in [0.4, 0.5) is 5.69 Å². The first kappa shape index (κ1) is 17.9. The molecule has 23 heavy (non-hydrogen) atoms. The van der Waals surface area contributed by atoms with Gasteiger partial charge in [-0.05, 0) is 30.3 Å². The first-order valence-corrected chi connectivity index (χ1v) is 7.71. The molecule has 0 saturated carbocycles. The molecule has 2 aromatic rings. The molecule has 0 bridgehead atoms. The smallest absolute Gasteiger partial charge is 0.255 e. The lowest BCUT2D eigenvalue weighted by molar-refractivity contribution is 0.102. The predicted molar refractivity (Wildman–Crippen MR) is 93.1 cm³/mol. The van der Waals surface area contributed by atoms with Crippen molar-refractivity contribution in [3.63, 3.8) is 0 Å². The van der Waals surface area contributed by atoms with E-state index in [0.29, 0.717) is 38.7 Å². The zero-order valence-corrected chi connectivity index (χ0v) is 14.7. The van der Waals surface area contributed by atoms with E-state index in [1.807, 2.05) is 0 Å². The van der Waals surface area contributed by atoms with Crippen LogP contribution in [0.1, 0.15) is 15.9 Å². The minimum atomic E-state index is -0.328. The summed E-state index contributed by atoms with van der Waals surface area (Å²) in [5.41, 5.74) is 1.60. The van der Waals surface area contributed by atoms with Crippen LogP contribution in [-0.4, -0.2) is 20.1 Å². The van der Waals surface area contributed by atoms with Crippen molar-refractivity contribution in [3.8, 4) is 5.75 Å². The lowest BCUT2D eigenvalue weighted by Gasteiger charge is -2.12. The zero-order chi connectivity index (χ0) is 17.0. The molecule has 1 amide bonds. The van der Waals surface area contributed by atoms with Crippen molar-refractivity contribution in [2.45, 2.75) is 6.61 Å². The van der Waals surface area contributed by atoms with Crippen LogP contribution in [0.5, 0.6) is 5.75 Å². The summed E-state index contributed by atoms with van der Waals surface area (Å²) in [6.07, 6.45) is 0. The molecule has 122 valence electrons. The summed E-state index contributed by atoms with van der Waals surface area (Å²) < 4.78 is 10.3. The van der Waals surface area contributed by atoms with Crippen molar-refractivity contribution in [3.05, 3.63) is 56.5 Å². The highest BCUT2D eigenvalue weighted by atomic mass is 35.5. The van der Waals surface area contributed by atoms with Gasteiger partial charge in [0.15, 0.2) is 0 Å². The van der Waals surface area contributed by atoms with Gasteiger partial charge in [-0.25, -0.2) is 0 Å². The van der Waals surface area contributed by atoms with Crippen LogP contribution < -0.4 is 10.1 Å². The maximum Gasteiger partial charge on any atom is 0.255 e. The van der Waals surface area contributed by atoms with Gasteiger partial charge in [0.1, 0.15) is 5.75 Å². The normalized spacial score (nSPS) is 10.5. The number of methoxy groups -OCH3 is 2. The van der Waals surface area contributed by atoms with E-state index in [4.69, 9.17) is 44.3 Å². The van der Waals surface area contributed by atoms with Gasteiger partial charge in [-0.3, -0.25) is 4.79 Å². The summed E-state index contributed by atoms with van der Waals surface area (Å²) in [5.74, 6) is 0.321. The number of carbonyl (C=O) groups is 1. The molecule has 2 rings (SSSR count). The van der Waals surface area contributed by atoms with Gasteiger partial charge >= 0.3 is 0 Å². The van der Waals surface area contributed by atoms with Gasteiger partial charge in [0.2, 0.25) is 0 Å². The molecule has 0 spiro atoms. The van der Waals surface area contributed by atoms with E-state index in [-0.39, 0.29) is 5.91 Å². The Morgan fingerprint density at radius 3 is 2.39 bits per heavy atom. The number of hydrogen-bond donors (Lipinski definition) is 1. The third-order valence-electron chi connectivity index (χ3n) is 3.10. The number of rotatable bonds is 5. The van der Waals surface area contributed by atoms with Gasteiger partial charge in [0.05, 0.1) is 34.5 Å². The molecule has 4 nitrogen and oxygen atoms in total. The SMILES string of the molecule is COCc1cc(C(=O)Nc2cc(Cl)c(Cl)cc2Cl)ccc1OC. The highest BCUT2D eigenvalue weighted by Crippen LogP contribution is 2.32. The van der Waals surface area contributed by atoms with Crippen LogP contribution in [0.3, 0.4) is 0 Å². The number of anilines is 1. The Bertz CT molecular complexity index is 735. The zero-order valence-electron chi connectivity index (χ0n) is 12.5. The number of halogens is 3.